The number of imidazole rings is 1. The quantitative estimate of drug-likeness (QED) is 0.513. The van der Waals surface area contributed by atoms with Crippen molar-refractivity contribution >= 4 is 41.7 Å². The molecule has 0 aliphatic carbocycles. The molecule has 156 valence electrons. The van der Waals surface area contributed by atoms with Crippen LogP contribution in [-0.2, 0) is 0 Å². The number of aromatic nitrogens is 3. The molecule has 3 heterocycles. The van der Waals surface area contributed by atoms with Crippen LogP contribution in [0.15, 0.2) is 28.4 Å². The molecule has 29 heavy (non-hydrogen) atoms. The van der Waals surface area contributed by atoms with Gasteiger partial charge < -0.3 is 16.0 Å². The third-order valence-corrected chi connectivity index (χ3v) is 4.75. The molecule has 0 atom stereocenters. The van der Waals surface area contributed by atoms with Crippen LogP contribution in [0.1, 0.15) is 45.3 Å². The summed E-state index contributed by atoms with van der Waals surface area (Å²) in [7, 11) is 0. The van der Waals surface area contributed by atoms with Gasteiger partial charge in [-0.05, 0) is 66.4 Å². The normalized spacial score (nSPS) is 16.0. The van der Waals surface area contributed by atoms with E-state index in [9.17, 15) is 0 Å². The highest BCUT2D eigenvalue weighted by molar-refractivity contribution is 6.30. The molecule has 0 amide bonds. The summed E-state index contributed by atoms with van der Waals surface area (Å²) < 4.78 is 2.19. The molecule has 2 aromatic rings. The number of rotatable bonds is 4. The Morgan fingerprint density at radius 1 is 1.31 bits per heavy atom. The van der Waals surface area contributed by atoms with Gasteiger partial charge in [0, 0.05) is 12.2 Å². The maximum Gasteiger partial charge on any atom is 0.223 e. The van der Waals surface area contributed by atoms with Gasteiger partial charge in [-0.1, -0.05) is 11.6 Å². The molecule has 1 aliphatic rings. The van der Waals surface area contributed by atoms with Crippen molar-refractivity contribution in [2.75, 3.05) is 23.7 Å². The number of anilines is 3. The minimum Gasteiger partial charge on any atom is -0.324 e. The van der Waals surface area contributed by atoms with Crippen molar-refractivity contribution < 1.29 is 0 Å². The number of guanidine groups is 1. The number of nitrogens with one attached hydrogen (secondary N) is 3. The van der Waals surface area contributed by atoms with Crippen molar-refractivity contribution in [3.05, 3.63) is 29.2 Å². The fourth-order valence-corrected chi connectivity index (χ4v) is 3.51. The van der Waals surface area contributed by atoms with Crippen LogP contribution in [0.25, 0.3) is 0 Å². The van der Waals surface area contributed by atoms with Gasteiger partial charge in [0.25, 0.3) is 0 Å². The van der Waals surface area contributed by atoms with Crippen LogP contribution in [-0.4, -0.2) is 45.8 Å². The average molecular weight is 417 g/mol. The zero-order chi connectivity index (χ0) is 21.0. The van der Waals surface area contributed by atoms with E-state index in [0.717, 1.165) is 49.1 Å². The van der Waals surface area contributed by atoms with Crippen molar-refractivity contribution in [1.82, 2.24) is 19.9 Å². The lowest BCUT2D eigenvalue weighted by Crippen LogP contribution is -2.31. The summed E-state index contributed by atoms with van der Waals surface area (Å²) in [5.74, 6) is 2.08. The fraction of sp³-hybridized carbons (Fsp3) is 0.500. The van der Waals surface area contributed by atoms with Crippen LogP contribution >= 0.6 is 11.6 Å². The van der Waals surface area contributed by atoms with Gasteiger partial charge in [0.1, 0.15) is 5.82 Å². The van der Waals surface area contributed by atoms with E-state index < -0.39 is 0 Å². The summed E-state index contributed by atoms with van der Waals surface area (Å²) >= 11 is 6.10. The number of pyridine rings is 1. The molecule has 9 heteroatoms. The summed E-state index contributed by atoms with van der Waals surface area (Å²) in [6, 6.07) is 2.12. The first-order valence-corrected chi connectivity index (χ1v) is 10.2. The lowest BCUT2D eigenvalue weighted by Gasteiger charge is -2.27. The first kappa shape index (κ1) is 21.3. The maximum atomic E-state index is 6.10. The highest BCUT2D eigenvalue weighted by atomic mass is 35.5. The second-order valence-corrected chi connectivity index (χ2v) is 8.56. The summed E-state index contributed by atoms with van der Waals surface area (Å²) in [6.45, 7) is 13.6. The molecule has 3 rings (SSSR count). The molecule has 1 saturated heterocycles. The second kappa shape index (κ2) is 8.92. The van der Waals surface area contributed by atoms with Crippen molar-refractivity contribution in [2.45, 2.75) is 52.1 Å². The molecular formula is C20H29ClN8. The van der Waals surface area contributed by atoms with Gasteiger partial charge in [-0.15, -0.1) is 0 Å². The van der Waals surface area contributed by atoms with Gasteiger partial charge in [-0.3, -0.25) is 9.55 Å². The SMILES string of the molecule is C=NC(=NC(C)(C)C)Nc1c(C)nc(Nc2cncc(Cl)c2)n1C1CCNCC1. The first-order valence-electron chi connectivity index (χ1n) is 9.77. The Labute approximate surface area is 176 Å². The molecule has 3 N–H and O–H groups in total. The van der Waals surface area contributed by atoms with Gasteiger partial charge >= 0.3 is 0 Å². The van der Waals surface area contributed by atoms with E-state index in [4.69, 9.17) is 16.6 Å². The van der Waals surface area contributed by atoms with Gasteiger partial charge in [0.05, 0.1) is 28.1 Å². The largest absolute Gasteiger partial charge is 0.324 e. The van der Waals surface area contributed by atoms with Crippen molar-refractivity contribution in [1.29, 1.82) is 0 Å². The van der Waals surface area contributed by atoms with Crippen molar-refractivity contribution in [3.8, 4) is 0 Å². The standard InChI is InChI=1S/C20H29ClN8/c1-13-17(27-18(22-5)28-20(2,3)4)29(16-6-8-23-9-7-16)19(25-13)26-15-10-14(21)11-24-12-15/h10-12,16,23H,5-9H2,1-4H3,(H,25,26)(H,27,28). The van der Waals surface area contributed by atoms with Crippen LogP contribution in [0.4, 0.5) is 17.5 Å². The predicted octanol–water partition coefficient (Wildman–Crippen LogP) is 4.18. The van der Waals surface area contributed by atoms with Gasteiger partial charge in [-0.25, -0.2) is 15.0 Å². The zero-order valence-corrected chi connectivity index (χ0v) is 18.2. The average Bonchev–Trinajstić information content (AvgIpc) is 2.95. The Morgan fingerprint density at radius 3 is 2.66 bits per heavy atom. The fourth-order valence-electron chi connectivity index (χ4n) is 3.34. The molecule has 0 radical (unpaired) electrons. The molecule has 0 aromatic carbocycles. The Morgan fingerprint density at radius 2 is 2.03 bits per heavy atom. The number of hydrogen-bond acceptors (Lipinski definition) is 5. The monoisotopic (exact) mass is 416 g/mol. The van der Waals surface area contributed by atoms with E-state index in [0.29, 0.717) is 11.0 Å². The Balaban J connectivity index is 2.01. The van der Waals surface area contributed by atoms with E-state index in [-0.39, 0.29) is 11.6 Å². The Hall–Kier alpha value is -2.45. The number of aliphatic imine (C=N–C) groups is 2. The summed E-state index contributed by atoms with van der Waals surface area (Å²) in [4.78, 5) is 17.6. The number of hydrogen-bond donors (Lipinski definition) is 3. The number of nitrogens with zero attached hydrogens (tertiary/aromatic N) is 5. The first-order chi connectivity index (χ1) is 13.8. The van der Waals surface area contributed by atoms with E-state index in [1.807, 2.05) is 33.8 Å². The van der Waals surface area contributed by atoms with E-state index >= 15 is 0 Å². The van der Waals surface area contributed by atoms with Crippen LogP contribution < -0.4 is 16.0 Å². The molecule has 1 aliphatic heterocycles. The highest BCUT2D eigenvalue weighted by Gasteiger charge is 2.25. The molecule has 0 bridgehead atoms. The summed E-state index contributed by atoms with van der Waals surface area (Å²) in [5.41, 5.74) is 1.37. The smallest absolute Gasteiger partial charge is 0.223 e. The topological polar surface area (TPSA) is 91.5 Å². The van der Waals surface area contributed by atoms with Gasteiger partial charge in [0.15, 0.2) is 0 Å². The molecular weight excluding hydrogens is 388 g/mol. The lowest BCUT2D eigenvalue weighted by molar-refractivity contribution is 0.374. The van der Waals surface area contributed by atoms with Crippen LogP contribution in [0.2, 0.25) is 5.02 Å². The molecule has 1 fully saturated rings. The molecule has 0 unspecified atom stereocenters. The number of aryl methyl sites for hydroxylation is 1. The minimum atomic E-state index is -0.273. The van der Waals surface area contributed by atoms with Crippen LogP contribution in [0.3, 0.4) is 0 Å². The third-order valence-electron chi connectivity index (χ3n) is 4.54. The van der Waals surface area contributed by atoms with E-state index in [2.05, 4.69) is 42.2 Å². The second-order valence-electron chi connectivity index (χ2n) is 8.13. The minimum absolute atomic E-state index is 0.273. The van der Waals surface area contributed by atoms with Crippen molar-refractivity contribution in [2.24, 2.45) is 9.98 Å². The Kier molecular flexibility index (Phi) is 6.54. The van der Waals surface area contributed by atoms with Gasteiger partial charge in [-0.2, -0.15) is 0 Å². The zero-order valence-electron chi connectivity index (χ0n) is 17.5. The van der Waals surface area contributed by atoms with Crippen LogP contribution in [0.5, 0.6) is 0 Å². The Bertz CT molecular complexity index is 890. The van der Waals surface area contributed by atoms with Crippen molar-refractivity contribution in [3.63, 3.8) is 0 Å². The summed E-state index contributed by atoms with van der Waals surface area (Å²) in [5, 5.41) is 10.7. The lowest BCUT2D eigenvalue weighted by atomic mass is 10.1. The highest BCUT2D eigenvalue weighted by Crippen LogP contribution is 2.33. The summed E-state index contributed by atoms with van der Waals surface area (Å²) in [6.07, 6.45) is 5.34. The van der Waals surface area contributed by atoms with E-state index in [1.54, 1.807) is 12.4 Å². The van der Waals surface area contributed by atoms with Gasteiger partial charge in [0.2, 0.25) is 11.9 Å². The third kappa shape index (κ3) is 5.55. The molecule has 8 nitrogen and oxygen atoms in total. The molecule has 0 spiro atoms. The predicted molar refractivity (Wildman–Crippen MR) is 121 cm³/mol. The maximum absolute atomic E-state index is 6.10. The number of piperidine rings is 1. The molecule has 0 saturated carbocycles. The van der Waals surface area contributed by atoms with Crippen LogP contribution in [0, 0.1) is 6.92 Å². The molecule has 2 aromatic heterocycles. The number of halogens is 1. The van der Waals surface area contributed by atoms with E-state index in [1.165, 1.54) is 0 Å².